The summed E-state index contributed by atoms with van der Waals surface area (Å²) < 4.78 is 0. The highest BCUT2D eigenvalue weighted by molar-refractivity contribution is 5.89. The lowest BCUT2D eigenvalue weighted by molar-refractivity contribution is 0.0696. The lowest BCUT2D eigenvalue weighted by Gasteiger charge is -2.21. The van der Waals surface area contributed by atoms with Crippen LogP contribution in [0.4, 0.5) is 0 Å². The zero-order valence-corrected chi connectivity index (χ0v) is 12.6. The molecule has 0 radical (unpaired) electrons. The third kappa shape index (κ3) is 3.43. The van der Waals surface area contributed by atoms with Crippen LogP contribution < -0.4 is 0 Å². The molecule has 2 rings (SSSR count). The molecule has 0 heterocycles. The van der Waals surface area contributed by atoms with E-state index in [9.17, 15) is 15.0 Å². The molecule has 0 aliphatic heterocycles. The number of carboxylic acids is 1. The molecular weight excluding hydrogens is 264 g/mol. The van der Waals surface area contributed by atoms with Crippen LogP contribution in [-0.2, 0) is 11.8 Å². The molecule has 110 valence electrons. The molecule has 0 aromatic heterocycles. The predicted octanol–water partition coefficient (Wildman–Crippen LogP) is 3.98. The van der Waals surface area contributed by atoms with Crippen LogP contribution in [0.1, 0.15) is 47.8 Å². The summed E-state index contributed by atoms with van der Waals surface area (Å²) in [6.07, 6.45) is 0.534. The van der Waals surface area contributed by atoms with Gasteiger partial charge in [0.25, 0.3) is 0 Å². The molecule has 2 N–H and O–H groups in total. The van der Waals surface area contributed by atoms with Crippen molar-refractivity contribution in [1.29, 1.82) is 0 Å². The molecule has 2 aromatic carbocycles. The highest BCUT2D eigenvalue weighted by atomic mass is 16.4. The van der Waals surface area contributed by atoms with E-state index in [4.69, 9.17) is 0 Å². The standard InChI is InChI=1S/C18H20O3/c1-18(2,3)15-11-12(8-9-16(15)19)10-13-6-4-5-7-14(13)17(20)21/h4-9,11,19H,10H2,1-3H3,(H,20,21). The number of benzene rings is 2. The van der Waals surface area contributed by atoms with Crippen molar-refractivity contribution in [2.75, 3.05) is 0 Å². The Morgan fingerprint density at radius 2 is 1.76 bits per heavy atom. The molecule has 2 aromatic rings. The van der Waals surface area contributed by atoms with Gasteiger partial charge >= 0.3 is 5.97 Å². The molecule has 0 saturated heterocycles. The van der Waals surface area contributed by atoms with Crippen molar-refractivity contribution in [2.45, 2.75) is 32.6 Å². The summed E-state index contributed by atoms with van der Waals surface area (Å²) in [6.45, 7) is 6.12. The highest BCUT2D eigenvalue weighted by Crippen LogP contribution is 2.31. The second-order valence-electron chi connectivity index (χ2n) is 6.24. The molecular formula is C18H20O3. The maximum atomic E-state index is 11.3. The van der Waals surface area contributed by atoms with Crippen LogP contribution in [0, 0.1) is 0 Å². The fraction of sp³-hybridized carbons (Fsp3) is 0.278. The summed E-state index contributed by atoms with van der Waals surface area (Å²) in [5.74, 6) is -0.641. The summed E-state index contributed by atoms with van der Waals surface area (Å²) in [6, 6.07) is 12.5. The van der Waals surface area contributed by atoms with Gasteiger partial charge < -0.3 is 10.2 Å². The number of carboxylic acid groups (broad SMARTS) is 1. The van der Waals surface area contributed by atoms with E-state index in [1.807, 2.05) is 45.0 Å². The average Bonchev–Trinajstić information content (AvgIpc) is 2.40. The van der Waals surface area contributed by atoms with E-state index in [2.05, 4.69) is 0 Å². The van der Waals surface area contributed by atoms with Crippen LogP contribution in [0.5, 0.6) is 5.75 Å². The Labute approximate surface area is 124 Å². The van der Waals surface area contributed by atoms with Gasteiger partial charge in [-0.05, 0) is 40.7 Å². The van der Waals surface area contributed by atoms with Gasteiger partial charge in [0, 0.05) is 0 Å². The molecule has 0 spiro atoms. The third-order valence-electron chi connectivity index (χ3n) is 3.51. The van der Waals surface area contributed by atoms with Gasteiger partial charge in [0.2, 0.25) is 0 Å². The largest absolute Gasteiger partial charge is 0.508 e. The summed E-state index contributed by atoms with van der Waals surface area (Å²) in [4.78, 5) is 11.3. The Kier molecular flexibility index (Phi) is 4.03. The Hall–Kier alpha value is -2.29. The highest BCUT2D eigenvalue weighted by Gasteiger charge is 2.19. The van der Waals surface area contributed by atoms with Crippen molar-refractivity contribution < 1.29 is 15.0 Å². The minimum absolute atomic E-state index is 0.160. The Morgan fingerprint density at radius 3 is 2.38 bits per heavy atom. The zero-order valence-electron chi connectivity index (χ0n) is 12.6. The van der Waals surface area contributed by atoms with Crippen LogP contribution in [-0.4, -0.2) is 16.2 Å². The first kappa shape index (κ1) is 15.1. The van der Waals surface area contributed by atoms with Gasteiger partial charge in [-0.2, -0.15) is 0 Å². The van der Waals surface area contributed by atoms with Gasteiger partial charge in [0.1, 0.15) is 5.75 Å². The molecule has 0 fully saturated rings. The lowest BCUT2D eigenvalue weighted by Crippen LogP contribution is -2.12. The van der Waals surface area contributed by atoms with Crippen LogP contribution in [0.15, 0.2) is 42.5 Å². The van der Waals surface area contributed by atoms with E-state index in [1.165, 1.54) is 0 Å². The minimum Gasteiger partial charge on any atom is -0.508 e. The quantitative estimate of drug-likeness (QED) is 0.896. The Balaban J connectivity index is 2.40. The van der Waals surface area contributed by atoms with Crippen LogP contribution >= 0.6 is 0 Å². The topological polar surface area (TPSA) is 57.5 Å². The van der Waals surface area contributed by atoms with Gasteiger partial charge in [0.15, 0.2) is 0 Å². The SMILES string of the molecule is CC(C)(C)c1cc(Cc2ccccc2C(=O)O)ccc1O. The van der Waals surface area contributed by atoms with Crippen LogP contribution in [0.2, 0.25) is 0 Å². The van der Waals surface area contributed by atoms with Crippen molar-refractivity contribution in [3.05, 3.63) is 64.7 Å². The Bertz CT molecular complexity index is 666. The molecule has 3 nitrogen and oxygen atoms in total. The molecule has 3 heteroatoms. The normalized spacial score (nSPS) is 11.4. The molecule has 0 saturated carbocycles. The number of carbonyl (C=O) groups is 1. The smallest absolute Gasteiger partial charge is 0.335 e. The lowest BCUT2D eigenvalue weighted by atomic mass is 9.84. The molecule has 0 atom stereocenters. The molecule has 0 aliphatic carbocycles. The third-order valence-corrected chi connectivity index (χ3v) is 3.51. The number of aromatic hydroxyl groups is 1. The first-order valence-electron chi connectivity index (χ1n) is 6.92. The van der Waals surface area contributed by atoms with Crippen molar-refractivity contribution in [3.8, 4) is 5.75 Å². The second kappa shape index (κ2) is 5.60. The van der Waals surface area contributed by atoms with E-state index < -0.39 is 5.97 Å². The van der Waals surface area contributed by atoms with Gasteiger partial charge in [-0.25, -0.2) is 4.79 Å². The van der Waals surface area contributed by atoms with Gasteiger partial charge in [-0.15, -0.1) is 0 Å². The van der Waals surface area contributed by atoms with Crippen LogP contribution in [0.3, 0.4) is 0 Å². The monoisotopic (exact) mass is 284 g/mol. The summed E-state index contributed by atoms with van der Waals surface area (Å²) >= 11 is 0. The van der Waals surface area contributed by atoms with Crippen molar-refractivity contribution in [2.24, 2.45) is 0 Å². The van der Waals surface area contributed by atoms with E-state index in [1.54, 1.807) is 18.2 Å². The average molecular weight is 284 g/mol. The fourth-order valence-electron chi connectivity index (χ4n) is 2.40. The number of phenols is 1. The maximum Gasteiger partial charge on any atom is 0.335 e. The number of phenolic OH excluding ortho intramolecular Hbond substituents is 1. The Morgan fingerprint density at radius 1 is 1.10 bits per heavy atom. The summed E-state index contributed by atoms with van der Waals surface area (Å²) in [5, 5.41) is 19.2. The predicted molar refractivity (Wildman–Crippen MR) is 83.0 cm³/mol. The number of aromatic carboxylic acids is 1. The van der Waals surface area contributed by atoms with Gasteiger partial charge in [-0.1, -0.05) is 51.1 Å². The first-order chi connectivity index (χ1) is 9.79. The van der Waals surface area contributed by atoms with Crippen molar-refractivity contribution in [3.63, 3.8) is 0 Å². The summed E-state index contributed by atoms with van der Waals surface area (Å²) in [5.41, 5.74) is 2.80. The zero-order chi connectivity index (χ0) is 15.6. The van der Waals surface area contributed by atoms with Gasteiger partial charge in [-0.3, -0.25) is 0 Å². The van der Waals surface area contributed by atoms with Crippen molar-refractivity contribution >= 4 is 5.97 Å². The second-order valence-corrected chi connectivity index (χ2v) is 6.24. The molecule has 21 heavy (non-hydrogen) atoms. The van der Waals surface area contributed by atoms with Crippen LogP contribution in [0.25, 0.3) is 0 Å². The van der Waals surface area contributed by atoms with E-state index in [-0.39, 0.29) is 11.2 Å². The van der Waals surface area contributed by atoms with Crippen molar-refractivity contribution in [1.82, 2.24) is 0 Å². The molecule has 0 bridgehead atoms. The minimum atomic E-state index is -0.916. The molecule has 0 amide bonds. The van der Waals surface area contributed by atoms with E-state index in [0.29, 0.717) is 12.0 Å². The number of hydrogen-bond donors (Lipinski definition) is 2. The van der Waals surface area contributed by atoms with Gasteiger partial charge in [0.05, 0.1) is 5.56 Å². The fourth-order valence-corrected chi connectivity index (χ4v) is 2.40. The summed E-state index contributed by atoms with van der Waals surface area (Å²) in [7, 11) is 0. The number of rotatable bonds is 3. The molecule has 0 unspecified atom stereocenters. The maximum absolute atomic E-state index is 11.3. The van der Waals surface area contributed by atoms with E-state index >= 15 is 0 Å². The first-order valence-corrected chi connectivity index (χ1v) is 6.92. The van der Waals surface area contributed by atoms with E-state index in [0.717, 1.165) is 16.7 Å². The molecule has 0 aliphatic rings. The number of hydrogen-bond acceptors (Lipinski definition) is 2.